The molecule has 0 saturated carbocycles. The van der Waals surface area contributed by atoms with Crippen LogP contribution < -0.4 is 15.2 Å². The normalized spacial score (nSPS) is 11.8. The molecule has 0 aliphatic rings. The Kier molecular flexibility index (Phi) is 5.24. The van der Waals surface area contributed by atoms with Crippen molar-refractivity contribution in [2.24, 2.45) is 5.73 Å². The molecule has 0 unspecified atom stereocenters. The van der Waals surface area contributed by atoms with E-state index >= 15 is 0 Å². The molecular weight excluding hydrogens is 238 g/mol. The zero-order valence-corrected chi connectivity index (χ0v) is 13.0. The molecule has 2 N–H and O–H groups in total. The highest BCUT2D eigenvalue weighted by molar-refractivity contribution is 5.50. The molecule has 0 aliphatic heterocycles. The van der Waals surface area contributed by atoms with Crippen molar-refractivity contribution in [3.05, 3.63) is 23.3 Å². The van der Waals surface area contributed by atoms with Crippen molar-refractivity contribution in [2.75, 3.05) is 20.8 Å². The second-order valence-electron chi connectivity index (χ2n) is 5.87. The average molecular weight is 265 g/mol. The molecule has 0 amide bonds. The van der Waals surface area contributed by atoms with Gasteiger partial charge in [-0.05, 0) is 36.4 Å². The number of benzene rings is 1. The van der Waals surface area contributed by atoms with E-state index in [-0.39, 0.29) is 5.41 Å². The minimum Gasteiger partial charge on any atom is -0.496 e. The van der Waals surface area contributed by atoms with Gasteiger partial charge in [-0.1, -0.05) is 27.7 Å². The molecule has 1 rings (SSSR count). The molecule has 108 valence electrons. The van der Waals surface area contributed by atoms with Crippen LogP contribution in [0.25, 0.3) is 0 Å². The molecule has 0 radical (unpaired) electrons. The molecule has 3 heteroatoms. The van der Waals surface area contributed by atoms with E-state index in [0.29, 0.717) is 12.5 Å². The van der Waals surface area contributed by atoms with Gasteiger partial charge in [-0.15, -0.1) is 0 Å². The smallest absolute Gasteiger partial charge is 0.123 e. The Bertz CT molecular complexity index is 425. The van der Waals surface area contributed by atoms with Crippen LogP contribution >= 0.6 is 0 Å². The Morgan fingerprint density at radius 2 is 1.68 bits per heavy atom. The van der Waals surface area contributed by atoms with Gasteiger partial charge in [-0.2, -0.15) is 0 Å². The number of methoxy groups -OCH3 is 2. The third kappa shape index (κ3) is 3.41. The standard InChI is InChI=1S/C16H27NO2/c1-11(2)12-9-15(19-6)13(10-14(12)18-5)16(3,4)7-8-17/h9-11H,7-8,17H2,1-6H3. The van der Waals surface area contributed by atoms with Crippen LogP contribution in [0.5, 0.6) is 11.5 Å². The molecule has 0 heterocycles. The first-order valence-electron chi connectivity index (χ1n) is 6.83. The van der Waals surface area contributed by atoms with Gasteiger partial charge in [-0.3, -0.25) is 0 Å². The second kappa shape index (κ2) is 6.29. The van der Waals surface area contributed by atoms with Crippen molar-refractivity contribution in [3.63, 3.8) is 0 Å². The molecule has 1 aromatic rings. The van der Waals surface area contributed by atoms with E-state index in [2.05, 4.69) is 39.8 Å². The Labute approximate surface area is 117 Å². The Morgan fingerprint density at radius 1 is 1.11 bits per heavy atom. The van der Waals surface area contributed by atoms with E-state index in [1.165, 1.54) is 5.56 Å². The van der Waals surface area contributed by atoms with Crippen LogP contribution in [0.4, 0.5) is 0 Å². The SMILES string of the molecule is COc1cc(C(C)(C)CCN)c(OC)cc1C(C)C. The Morgan fingerprint density at radius 3 is 2.11 bits per heavy atom. The van der Waals surface area contributed by atoms with Gasteiger partial charge in [0.15, 0.2) is 0 Å². The van der Waals surface area contributed by atoms with E-state index in [0.717, 1.165) is 23.5 Å². The second-order valence-corrected chi connectivity index (χ2v) is 5.87. The predicted octanol–water partition coefficient (Wildman–Crippen LogP) is 3.45. The van der Waals surface area contributed by atoms with E-state index < -0.39 is 0 Å². The van der Waals surface area contributed by atoms with Crippen molar-refractivity contribution in [2.45, 2.75) is 45.4 Å². The Hall–Kier alpha value is -1.22. The van der Waals surface area contributed by atoms with Crippen molar-refractivity contribution in [1.29, 1.82) is 0 Å². The molecule has 0 aromatic heterocycles. The van der Waals surface area contributed by atoms with Gasteiger partial charge in [0.2, 0.25) is 0 Å². The third-order valence-electron chi connectivity index (χ3n) is 3.67. The maximum atomic E-state index is 5.72. The Balaban J connectivity index is 3.40. The van der Waals surface area contributed by atoms with Crippen LogP contribution in [0.15, 0.2) is 12.1 Å². The molecule has 0 atom stereocenters. The van der Waals surface area contributed by atoms with Crippen LogP contribution in [-0.2, 0) is 5.41 Å². The number of ether oxygens (including phenoxy) is 2. The fourth-order valence-corrected chi connectivity index (χ4v) is 2.40. The van der Waals surface area contributed by atoms with E-state index in [4.69, 9.17) is 15.2 Å². The van der Waals surface area contributed by atoms with Crippen molar-refractivity contribution in [3.8, 4) is 11.5 Å². The molecule has 0 fully saturated rings. The van der Waals surface area contributed by atoms with Crippen LogP contribution in [0, 0.1) is 0 Å². The summed E-state index contributed by atoms with van der Waals surface area (Å²) in [5.74, 6) is 2.24. The van der Waals surface area contributed by atoms with Gasteiger partial charge in [0, 0.05) is 11.1 Å². The monoisotopic (exact) mass is 265 g/mol. The van der Waals surface area contributed by atoms with E-state index in [9.17, 15) is 0 Å². The topological polar surface area (TPSA) is 44.5 Å². The highest BCUT2D eigenvalue weighted by Crippen LogP contribution is 2.40. The lowest BCUT2D eigenvalue weighted by Gasteiger charge is -2.28. The molecule has 3 nitrogen and oxygen atoms in total. The molecule has 1 aromatic carbocycles. The summed E-state index contributed by atoms with van der Waals surface area (Å²) < 4.78 is 11.1. The minimum absolute atomic E-state index is 0.0249. The molecular formula is C16H27NO2. The van der Waals surface area contributed by atoms with Gasteiger partial charge < -0.3 is 15.2 Å². The van der Waals surface area contributed by atoms with Crippen LogP contribution in [-0.4, -0.2) is 20.8 Å². The van der Waals surface area contributed by atoms with Gasteiger partial charge in [0.25, 0.3) is 0 Å². The highest BCUT2D eigenvalue weighted by Gasteiger charge is 2.26. The lowest BCUT2D eigenvalue weighted by atomic mass is 9.80. The lowest BCUT2D eigenvalue weighted by molar-refractivity contribution is 0.374. The van der Waals surface area contributed by atoms with Crippen LogP contribution in [0.2, 0.25) is 0 Å². The van der Waals surface area contributed by atoms with Gasteiger partial charge in [0.1, 0.15) is 11.5 Å². The van der Waals surface area contributed by atoms with Gasteiger partial charge >= 0.3 is 0 Å². The largest absolute Gasteiger partial charge is 0.496 e. The van der Waals surface area contributed by atoms with Crippen molar-refractivity contribution in [1.82, 2.24) is 0 Å². The van der Waals surface area contributed by atoms with E-state index in [1.807, 2.05) is 0 Å². The van der Waals surface area contributed by atoms with Crippen molar-refractivity contribution >= 4 is 0 Å². The fourth-order valence-electron chi connectivity index (χ4n) is 2.40. The molecule has 19 heavy (non-hydrogen) atoms. The first-order chi connectivity index (χ1) is 8.87. The quantitative estimate of drug-likeness (QED) is 0.856. The predicted molar refractivity (Wildman–Crippen MR) is 80.3 cm³/mol. The summed E-state index contributed by atoms with van der Waals surface area (Å²) in [7, 11) is 3.43. The van der Waals surface area contributed by atoms with Crippen molar-refractivity contribution < 1.29 is 9.47 Å². The van der Waals surface area contributed by atoms with E-state index in [1.54, 1.807) is 14.2 Å². The highest BCUT2D eigenvalue weighted by atomic mass is 16.5. The maximum Gasteiger partial charge on any atom is 0.123 e. The van der Waals surface area contributed by atoms with Gasteiger partial charge in [-0.25, -0.2) is 0 Å². The van der Waals surface area contributed by atoms with Crippen LogP contribution in [0.3, 0.4) is 0 Å². The number of hydrogen-bond acceptors (Lipinski definition) is 3. The molecule has 0 aliphatic carbocycles. The lowest BCUT2D eigenvalue weighted by Crippen LogP contribution is -2.22. The number of hydrogen-bond donors (Lipinski definition) is 1. The summed E-state index contributed by atoms with van der Waals surface area (Å²) in [6, 6.07) is 4.20. The first-order valence-corrected chi connectivity index (χ1v) is 6.83. The zero-order valence-electron chi connectivity index (χ0n) is 13.0. The molecule has 0 spiro atoms. The number of nitrogens with two attached hydrogens (primary N) is 1. The fraction of sp³-hybridized carbons (Fsp3) is 0.625. The zero-order chi connectivity index (χ0) is 14.6. The summed E-state index contributed by atoms with van der Waals surface area (Å²) in [4.78, 5) is 0. The third-order valence-corrected chi connectivity index (χ3v) is 3.67. The maximum absolute atomic E-state index is 5.72. The van der Waals surface area contributed by atoms with Crippen LogP contribution in [0.1, 0.15) is 51.2 Å². The first kappa shape index (κ1) is 15.8. The summed E-state index contributed by atoms with van der Waals surface area (Å²) in [5.41, 5.74) is 8.02. The number of rotatable bonds is 6. The average Bonchev–Trinajstić information content (AvgIpc) is 2.36. The summed E-state index contributed by atoms with van der Waals surface area (Å²) in [5, 5.41) is 0. The minimum atomic E-state index is -0.0249. The summed E-state index contributed by atoms with van der Waals surface area (Å²) >= 11 is 0. The summed E-state index contributed by atoms with van der Waals surface area (Å²) in [6.45, 7) is 9.34. The van der Waals surface area contributed by atoms with Gasteiger partial charge in [0.05, 0.1) is 14.2 Å². The molecule has 0 saturated heterocycles. The summed E-state index contributed by atoms with van der Waals surface area (Å²) in [6.07, 6.45) is 0.910. The molecule has 0 bridgehead atoms.